The normalized spacial score (nSPS) is 13.5. The molecule has 0 aliphatic heterocycles. The number of carboxylic acid groups (broad SMARTS) is 2. The van der Waals surface area contributed by atoms with Crippen molar-refractivity contribution in [3.05, 3.63) is 29.6 Å². The number of rotatable bonds is 10. The van der Waals surface area contributed by atoms with Crippen LogP contribution < -0.4 is 10.6 Å². The first-order valence-corrected chi connectivity index (χ1v) is 7.83. The maximum absolute atomic E-state index is 10.9. The molecule has 122 valence electrons. The minimum atomic E-state index is -0.967. The van der Waals surface area contributed by atoms with Gasteiger partial charge in [0.1, 0.15) is 12.1 Å². The molecular weight excluding hydrogens is 326 g/mol. The highest BCUT2D eigenvalue weighted by atomic mass is 32.1. The van der Waals surface area contributed by atoms with E-state index in [1.165, 1.54) is 0 Å². The van der Waals surface area contributed by atoms with Gasteiger partial charge in [0.15, 0.2) is 0 Å². The first-order valence-electron chi connectivity index (χ1n) is 6.56. The average molecular weight is 345 g/mol. The van der Waals surface area contributed by atoms with E-state index in [1.807, 2.05) is 0 Å². The van der Waals surface area contributed by atoms with Crippen molar-refractivity contribution in [3.63, 3.8) is 0 Å². The third-order valence-electron chi connectivity index (χ3n) is 2.88. The summed E-state index contributed by atoms with van der Waals surface area (Å²) in [5.74, 6) is -1.57. The summed E-state index contributed by atoms with van der Waals surface area (Å²) in [5, 5.41) is 23.5. The Kier molecular flexibility index (Phi) is 8.25. The fourth-order valence-corrected chi connectivity index (χ4v) is 2.21. The molecule has 0 saturated carbocycles. The molecule has 0 radical (unpaired) electrons. The largest absolute Gasteiger partial charge is 0.480 e. The molecule has 4 N–H and O–H groups in total. The lowest BCUT2D eigenvalue weighted by molar-refractivity contribution is -0.139. The average Bonchev–Trinajstić information content (AvgIpc) is 2.48. The zero-order valence-corrected chi connectivity index (χ0v) is 13.6. The second-order valence-corrected chi connectivity index (χ2v) is 5.26. The van der Waals surface area contributed by atoms with E-state index in [0.29, 0.717) is 24.5 Å². The summed E-state index contributed by atoms with van der Waals surface area (Å²) >= 11 is 7.94. The summed E-state index contributed by atoms with van der Waals surface area (Å²) in [5.41, 5.74) is 1.34. The number of aliphatic carboxylic acids is 2. The summed E-state index contributed by atoms with van der Waals surface area (Å²) in [6.45, 7) is 0.584. The number of nitrogens with zero attached hydrogens (tertiary/aromatic N) is 1. The number of carboxylic acids is 2. The molecule has 9 heteroatoms. The Balaban J connectivity index is 2.58. The van der Waals surface area contributed by atoms with E-state index in [2.05, 4.69) is 40.9 Å². The highest BCUT2D eigenvalue weighted by Crippen LogP contribution is 2.02. The first kappa shape index (κ1) is 18.8. The zero-order chi connectivity index (χ0) is 16.5. The molecule has 22 heavy (non-hydrogen) atoms. The lowest BCUT2D eigenvalue weighted by Crippen LogP contribution is -2.38. The molecule has 0 aliphatic rings. The molecule has 1 aromatic heterocycles. The lowest BCUT2D eigenvalue weighted by atomic mass is 10.2. The van der Waals surface area contributed by atoms with Gasteiger partial charge in [-0.2, -0.15) is 25.3 Å². The highest BCUT2D eigenvalue weighted by Gasteiger charge is 2.16. The van der Waals surface area contributed by atoms with Gasteiger partial charge in [0.05, 0.1) is 11.4 Å². The van der Waals surface area contributed by atoms with Crippen molar-refractivity contribution < 1.29 is 19.8 Å². The van der Waals surface area contributed by atoms with E-state index in [4.69, 9.17) is 10.2 Å². The van der Waals surface area contributed by atoms with Gasteiger partial charge in [-0.1, -0.05) is 6.07 Å². The number of aromatic nitrogens is 1. The van der Waals surface area contributed by atoms with Crippen LogP contribution in [-0.2, 0) is 22.7 Å². The molecule has 1 rings (SSSR count). The molecule has 0 unspecified atom stereocenters. The summed E-state index contributed by atoms with van der Waals surface area (Å²) in [7, 11) is 0. The SMILES string of the molecule is O=C(O)[C@H](CS)NCc1cccc(CN[C@@H](CS)C(=O)O)n1. The van der Waals surface area contributed by atoms with Crippen LogP contribution in [0.4, 0.5) is 0 Å². The van der Waals surface area contributed by atoms with Crippen LogP contribution >= 0.6 is 25.3 Å². The van der Waals surface area contributed by atoms with Crippen molar-refractivity contribution in [3.8, 4) is 0 Å². The standard InChI is InChI=1S/C13H19N3O4S2/c17-12(18)10(6-21)14-4-8-2-1-3-9(16-8)5-15-11(7-22)13(19)20/h1-3,10-11,14-15,21-22H,4-7H2,(H,17,18)(H,19,20)/t10-,11-/m0/s1. The predicted octanol–water partition coefficient (Wildman–Crippen LogP) is 0.0268. The molecule has 0 aromatic carbocycles. The molecule has 0 bridgehead atoms. The quantitative estimate of drug-likeness (QED) is 0.332. The third kappa shape index (κ3) is 6.22. The molecule has 7 nitrogen and oxygen atoms in total. The van der Waals surface area contributed by atoms with Gasteiger partial charge in [0.25, 0.3) is 0 Å². The van der Waals surface area contributed by atoms with E-state index in [-0.39, 0.29) is 11.5 Å². The van der Waals surface area contributed by atoms with Crippen molar-refractivity contribution in [1.82, 2.24) is 15.6 Å². The topological polar surface area (TPSA) is 112 Å². The molecule has 0 fully saturated rings. The molecule has 0 amide bonds. The maximum Gasteiger partial charge on any atom is 0.321 e. The van der Waals surface area contributed by atoms with Gasteiger partial charge in [-0.15, -0.1) is 0 Å². The predicted molar refractivity (Wildman–Crippen MR) is 88.5 cm³/mol. The Morgan fingerprint density at radius 1 is 1.00 bits per heavy atom. The van der Waals surface area contributed by atoms with Crippen LogP contribution in [0.1, 0.15) is 11.4 Å². The van der Waals surface area contributed by atoms with Crippen molar-refractivity contribution in [2.75, 3.05) is 11.5 Å². The van der Waals surface area contributed by atoms with Crippen LogP contribution in [0.15, 0.2) is 18.2 Å². The Bertz CT molecular complexity index is 475. The smallest absolute Gasteiger partial charge is 0.321 e. The van der Waals surface area contributed by atoms with Crippen molar-refractivity contribution in [1.29, 1.82) is 0 Å². The first-order chi connectivity index (χ1) is 10.5. The molecule has 2 atom stereocenters. The fraction of sp³-hybridized carbons (Fsp3) is 0.462. The summed E-state index contributed by atoms with van der Waals surface area (Å²) in [6, 6.07) is 3.83. The number of thiol groups is 2. The summed E-state index contributed by atoms with van der Waals surface area (Å²) in [4.78, 5) is 26.1. The molecule has 0 aliphatic carbocycles. The monoisotopic (exact) mass is 345 g/mol. The van der Waals surface area contributed by atoms with Gasteiger partial charge in [0.2, 0.25) is 0 Å². The van der Waals surface area contributed by atoms with Gasteiger partial charge < -0.3 is 10.2 Å². The van der Waals surface area contributed by atoms with E-state index in [0.717, 1.165) is 0 Å². The fourth-order valence-electron chi connectivity index (χ4n) is 1.64. The Morgan fingerprint density at radius 2 is 1.41 bits per heavy atom. The Morgan fingerprint density at radius 3 is 1.73 bits per heavy atom. The van der Waals surface area contributed by atoms with Gasteiger partial charge >= 0.3 is 11.9 Å². The minimum Gasteiger partial charge on any atom is -0.480 e. The van der Waals surface area contributed by atoms with Crippen molar-refractivity contribution >= 4 is 37.2 Å². The van der Waals surface area contributed by atoms with Crippen LogP contribution in [0.25, 0.3) is 0 Å². The minimum absolute atomic E-state index is 0.179. The zero-order valence-electron chi connectivity index (χ0n) is 11.8. The summed E-state index contributed by atoms with van der Waals surface area (Å²) in [6.07, 6.45) is 0. The van der Waals surface area contributed by atoms with Gasteiger partial charge in [0, 0.05) is 24.6 Å². The van der Waals surface area contributed by atoms with E-state index in [1.54, 1.807) is 18.2 Å². The van der Waals surface area contributed by atoms with Crippen LogP contribution in [-0.4, -0.2) is 50.7 Å². The second kappa shape index (κ2) is 9.67. The van der Waals surface area contributed by atoms with E-state index in [9.17, 15) is 9.59 Å². The Hall–Kier alpha value is -1.29. The highest BCUT2D eigenvalue weighted by molar-refractivity contribution is 7.80. The number of hydrogen-bond donors (Lipinski definition) is 6. The molecule has 1 aromatic rings. The third-order valence-corrected chi connectivity index (χ3v) is 3.62. The number of hydrogen-bond acceptors (Lipinski definition) is 7. The van der Waals surface area contributed by atoms with Crippen molar-refractivity contribution in [2.45, 2.75) is 25.2 Å². The van der Waals surface area contributed by atoms with E-state index < -0.39 is 24.0 Å². The number of pyridine rings is 1. The van der Waals surface area contributed by atoms with Crippen LogP contribution in [0, 0.1) is 0 Å². The molecule has 0 spiro atoms. The maximum atomic E-state index is 10.9. The van der Waals surface area contributed by atoms with Gasteiger partial charge in [-0.25, -0.2) is 0 Å². The van der Waals surface area contributed by atoms with Gasteiger partial charge in [-0.3, -0.25) is 25.2 Å². The van der Waals surface area contributed by atoms with Crippen molar-refractivity contribution in [2.24, 2.45) is 0 Å². The number of carbonyl (C=O) groups is 2. The second-order valence-electron chi connectivity index (χ2n) is 4.53. The summed E-state index contributed by atoms with van der Waals surface area (Å²) < 4.78 is 0. The molecular formula is C13H19N3O4S2. The van der Waals surface area contributed by atoms with E-state index >= 15 is 0 Å². The Labute approximate surface area is 139 Å². The van der Waals surface area contributed by atoms with Gasteiger partial charge in [-0.05, 0) is 12.1 Å². The lowest BCUT2D eigenvalue weighted by Gasteiger charge is -2.13. The molecule has 1 heterocycles. The van der Waals surface area contributed by atoms with Crippen LogP contribution in [0.5, 0.6) is 0 Å². The number of nitrogens with one attached hydrogen (secondary N) is 2. The van der Waals surface area contributed by atoms with Crippen LogP contribution in [0.2, 0.25) is 0 Å². The van der Waals surface area contributed by atoms with Crippen LogP contribution in [0.3, 0.4) is 0 Å². The molecule has 0 saturated heterocycles.